The second kappa shape index (κ2) is 9.86. The topological polar surface area (TPSA) is 94.2 Å². The van der Waals surface area contributed by atoms with Gasteiger partial charge in [0.25, 0.3) is 0 Å². The minimum Gasteiger partial charge on any atom is -0.493 e. The van der Waals surface area contributed by atoms with Crippen LogP contribution in [0.15, 0.2) is 29.3 Å². The second-order valence-corrected chi connectivity index (χ2v) is 6.56. The van der Waals surface area contributed by atoms with Crippen molar-refractivity contribution in [1.82, 2.24) is 10.2 Å². The summed E-state index contributed by atoms with van der Waals surface area (Å²) in [5.74, 6) is 0.374. The number of ether oxygens (including phenoxy) is 3. The molecular formula is C18H22N2O6S. The van der Waals surface area contributed by atoms with Gasteiger partial charge in [-0.3, -0.25) is 14.5 Å². The van der Waals surface area contributed by atoms with Crippen molar-refractivity contribution in [2.24, 2.45) is 0 Å². The lowest BCUT2D eigenvalue weighted by molar-refractivity contribution is -0.135. The summed E-state index contributed by atoms with van der Waals surface area (Å²) in [5, 5.41) is 3.19. The van der Waals surface area contributed by atoms with Crippen LogP contribution in [0, 0.1) is 0 Å². The predicted molar refractivity (Wildman–Crippen MR) is 101 cm³/mol. The van der Waals surface area contributed by atoms with Crippen LogP contribution in [0.2, 0.25) is 0 Å². The van der Waals surface area contributed by atoms with Gasteiger partial charge in [0.05, 0.1) is 38.2 Å². The van der Waals surface area contributed by atoms with E-state index in [0.717, 1.165) is 5.56 Å². The van der Waals surface area contributed by atoms with Crippen LogP contribution in [0.5, 0.6) is 11.5 Å². The SMILES string of the molecule is COC(=O)/C=C1\SCC(=O)N1CC(=O)NCCc1ccc(OC)c(OC)c1. The molecule has 2 rings (SSSR count). The summed E-state index contributed by atoms with van der Waals surface area (Å²) < 4.78 is 15.0. The van der Waals surface area contributed by atoms with Gasteiger partial charge < -0.3 is 19.5 Å². The maximum atomic E-state index is 12.2. The largest absolute Gasteiger partial charge is 0.493 e. The van der Waals surface area contributed by atoms with Gasteiger partial charge in [0.1, 0.15) is 6.54 Å². The summed E-state index contributed by atoms with van der Waals surface area (Å²) in [6.45, 7) is 0.264. The van der Waals surface area contributed by atoms with E-state index in [0.29, 0.717) is 29.5 Å². The fraction of sp³-hybridized carbons (Fsp3) is 0.389. The number of nitrogens with zero attached hydrogens (tertiary/aromatic N) is 1. The molecule has 0 unspecified atom stereocenters. The molecule has 0 aromatic heterocycles. The van der Waals surface area contributed by atoms with E-state index in [9.17, 15) is 14.4 Å². The minimum absolute atomic E-state index is 0.138. The first-order valence-electron chi connectivity index (χ1n) is 8.19. The fourth-order valence-corrected chi connectivity index (χ4v) is 3.37. The van der Waals surface area contributed by atoms with E-state index >= 15 is 0 Å². The Bertz CT molecular complexity index is 749. The normalized spacial score (nSPS) is 15.0. The molecule has 1 N–H and O–H groups in total. The highest BCUT2D eigenvalue weighted by Crippen LogP contribution is 2.29. The molecule has 0 aliphatic carbocycles. The van der Waals surface area contributed by atoms with E-state index in [2.05, 4.69) is 10.1 Å². The molecule has 0 atom stereocenters. The van der Waals surface area contributed by atoms with Crippen LogP contribution >= 0.6 is 11.8 Å². The maximum absolute atomic E-state index is 12.2. The average Bonchev–Trinajstić information content (AvgIpc) is 3.00. The third-order valence-electron chi connectivity index (χ3n) is 3.84. The number of esters is 1. The summed E-state index contributed by atoms with van der Waals surface area (Å²) in [6.07, 6.45) is 1.81. The molecule has 1 aliphatic heterocycles. The van der Waals surface area contributed by atoms with E-state index in [1.165, 1.54) is 29.8 Å². The maximum Gasteiger partial charge on any atom is 0.333 e. The smallest absolute Gasteiger partial charge is 0.333 e. The number of carbonyl (C=O) groups excluding carboxylic acids is 3. The first-order valence-corrected chi connectivity index (χ1v) is 9.17. The van der Waals surface area contributed by atoms with Gasteiger partial charge >= 0.3 is 5.97 Å². The summed E-state index contributed by atoms with van der Waals surface area (Å²) in [6, 6.07) is 5.55. The zero-order valence-electron chi connectivity index (χ0n) is 15.4. The van der Waals surface area contributed by atoms with Gasteiger partial charge in [-0.1, -0.05) is 17.8 Å². The molecule has 8 nitrogen and oxygen atoms in total. The van der Waals surface area contributed by atoms with Crippen LogP contribution in [0.3, 0.4) is 0 Å². The van der Waals surface area contributed by atoms with Crippen molar-refractivity contribution in [3.05, 3.63) is 34.9 Å². The highest BCUT2D eigenvalue weighted by atomic mass is 32.2. The van der Waals surface area contributed by atoms with Gasteiger partial charge in [0, 0.05) is 6.54 Å². The summed E-state index contributed by atoms with van der Waals surface area (Å²) in [7, 11) is 4.39. The Morgan fingerprint density at radius 3 is 2.63 bits per heavy atom. The highest BCUT2D eigenvalue weighted by molar-refractivity contribution is 8.04. The monoisotopic (exact) mass is 394 g/mol. The van der Waals surface area contributed by atoms with Gasteiger partial charge in [-0.2, -0.15) is 0 Å². The van der Waals surface area contributed by atoms with Crippen molar-refractivity contribution in [2.45, 2.75) is 6.42 Å². The molecule has 0 saturated carbocycles. The number of methoxy groups -OCH3 is 3. The number of carbonyl (C=O) groups is 3. The van der Waals surface area contributed by atoms with E-state index in [-0.39, 0.29) is 24.1 Å². The zero-order valence-corrected chi connectivity index (χ0v) is 16.3. The summed E-state index contributed by atoms with van der Waals surface area (Å²) >= 11 is 1.20. The molecule has 27 heavy (non-hydrogen) atoms. The van der Waals surface area contributed by atoms with Gasteiger partial charge in [0.15, 0.2) is 11.5 Å². The van der Waals surface area contributed by atoms with Gasteiger partial charge in [0.2, 0.25) is 11.8 Å². The van der Waals surface area contributed by atoms with Crippen LogP contribution in [0.4, 0.5) is 0 Å². The van der Waals surface area contributed by atoms with Crippen molar-refractivity contribution < 1.29 is 28.6 Å². The molecule has 0 radical (unpaired) electrons. The number of hydrogen-bond donors (Lipinski definition) is 1. The lowest BCUT2D eigenvalue weighted by Gasteiger charge is -2.16. The third kappa shape index (κ3) is 5.65. The Morgan fingerprint density at radius 1 is 1.22 bits per heavy atom. The molecule has 0 spiro atoms. The van der Waals surface area contributed by atoms with Gasteiger partial charge in [-0.25, -0.2) is 4.79 Å². The van der Waals surface area contributed by atoms with Crippen molar-refractivity contribution in [1.29, 1.82) is 0 Å². The van der Waals surface area contributed by atoms with Crippen LogP contribution in [-0.2, 0) is 25.5 Å². The minimum atomic E-state index is -0.564. The molecule has 9 heteroatoms. The van der Waals surface area contributed by atoms with Gasteiger partial charge in [-0.15, -0.1) is 0 Å². The number of amides is 2. The molecule has 146 valence electrons. The Morgan fingerprint density at radius 2 is 1.96 bits per heavy atom. The summed E-state index contributed by atoms with van der Waals surface area (Å²) in [5.41, 5.74) is 0.979. The molecular weight excluding hydrogens is 372 g/mol. The molecule has 1 aliphatic rings. The van der Waals surface area contributed by atoms with Crippen LogP contribution in [-0.4, -0.2) is 62.9 Å². The molecule has 0 bridgehead atoms. The highest BCUT2D eigenvalue weighted by Gasteiger charge is 2.29. The van der Waals surface area contributed by atoms with Crippen LogP contribution < -0.4 is 14.8 Å². The van der Waals surface area contributed by atoms with E-state index in [1.807, 2.05) is 12.1 Å². The lowest BCUT2D eigenvalue weighted by Crippen LogP contribution is -2.38. The Labute approximate surface area is 161 Å². The molecule has 1 aromatic rings. The first-order chi connectivity index (χ1) is 13.0. The predicted octanol–water partition coefficient (Wildman–Crippen LogP) is 0.952. The fourth-order valence-electron chi connectivity index (χ4n) is 2.44. The number of benzene rings is 1. The molecule has 1 saturated heterocycles. The zero-order chi connectivity index (χ0) is 19.8. The van der Waals surface area contributed by atoms with E-state index < -0.39 is 5.97 Å². The van der Waals surface area contributed by atoms with Crippen molar-refractivity contribution in [3.8, 4) is 11.5 Å². The molecule has 1 heterocycles. The summed E-state index contributed by atoms with van der Waals surface area (Å²) in [4.78, 5) is 36.7. The second-order valence-electron chi connectivity index (χ2n) is 5.56. The Hall–Kier alpha value is -2.68. The number of hydrogen-bond acceptors (Lipinski definition) is 7. The van der Waals surface area contributed by atoms with Crippen molar-refractivity contribution in [3.63, 3.8) is 0 Å². The molecule has 1 aromatic carbocycles. The quantitative estimate of drug-likeness (QED) is 0.518. The lowest BCUT2D eigenvalue weighted by atomic mass is 10.1. The van der Waals surface area contributed by atoms with E-state index in [4.69, 9.17) is 9.47 Å². The molecule has 2 amide bonds. The number of nitrogens with one attached hydrogen (secondary N) is 1. The first kappa shape index (κ1) is 20.6. The van der Waals surface area contributed by atoms with Crippen LogP contribution in [0.1, 0.15) is 5.56 Å². The Balaban J connectivity index is 1.88. The van der Waals surface area contributed by atoms with Gasteiger partial charge in [-0.05, 0) is 24.1 Å². The number of thioether (sulfide) groups is 1. The Kier molecular flexibility index (Phi) is 7.54. The average molecular weight is 394 g/mol. The number of rotatable bonds is 8. The van der Waals surface area contributed by atoms with E-state index in [1.54, 1.807) is 20.3 Å². The van der Waals surface area contributed by atoms with Crippen molar-refractivity contribution in [2.75, 3.05) is 40.2 Å². The molecule has 1 fully saturated rings. The standard InChI is InChI=1S/C18H22N2O6S/c1-24-13-5-4-12(8-14(13)25-2)6-7-19-15(21)10-20-16(22)11-27-17(20)9-18(23)26-3/h4-5,8-9H,6-7,10-11H2,1-3H3,(H,19,21)/b17-9-. The third-order valence-corrected chi connectivity index (χ3v) is 4.86. The van der Waals surface area contributed by atoms with Crippen LogP contribution in [0.25, 0.3) is 0 Å². The van der Waals surface area contributed by atoms with Crippen molar-refractivity contribution >= 4 is 29.5 Å².